The van der Waals surface area contributed by atoms with Crippen molar-refractivity contribution < 1.29 is 8.78 Å². The number of nitrogens with zero attached hydrogens (tertiary/aromatic N) is 3. The second-order valence-electron chi connectivity index (χ2n) is 4.37. The topological polar surface area (TPSA) is 41.1 Å². The van der Waals surface area contributed by atoms with Crippen LogP contribution in [0.1, 0.15) is 12.5 Å². The van der Waals surface area contributed by atoms with Gasteiger partial charge in [-0.1, -0.05) is 0 Å². The lowest BCUT2D eigenvalue weighted by Gasteiger charge is -2.20. The molecule has 0 aromatic carbocycles. The van der Waals surface area contributed by atoms with Gasteiger partial charge in [0.1, 0.15) is 0 Å². The molecule has 1 N–H and O–H groups in total. The number of hydrogen-bond donors (Lipinski definition) is 1. The van der Waals surface area contributed by atoms with Gasteiger partial charge in [-0.25, -0.2) is 13.8 Å². The molecule has 0 aliphatic rings. The third-order valence-electron chi connectivity index (χ3n) is 2.79. The highest BCUT2D eigenvalue weighted by atomic mass is 19.1. The summed E-state index contributed by atoms with van der Waals surface area (Å²) in [6, 6.07) is 4.52. The number of nitrogens with one attached hydrogen (secondary N) is 1. The highest BCUT2D eigenvalue weighted by molar-refractivity contribution is 5.49. The van der Waals surface area contributed by atoms with Crippen LogP contribution in [0.25, 0.3) is 0 Å². The normalized spacial score (nSPS) is 10.4. The number of halogens is 2. The summed E-state index contributed by atoms with van der Waals surface area (Å²) in [5.41, 5.74) is 0.970. The second kappa shape index (κ2) is 6.27. The maximum absolute atomic E-state index is 13.8. The van der Waals surface area contributed by atoms with Gasteiger partial charge < -0.3 is 10.2 Å². The Balaban J connectivity index is 2.25. The molecule has 6 heteroatoms. The maximum Gasteiger partial charge on any atom is 0.168 e. The average Bonchev–Trinajstić information content (AvgIpc) is 2.43. The van der Waals surface area contributed by atoms with Crippen molar-refractivity contribution in [1.29, 1.82) is 0 Å². The molecule has 2 aromatic heterocycles. The summed E-state index contributed by atoms with van der Waals surface area (Å²) in [4.78, 5) is 9.56. The molecule has 0 bridgehead atoms. The van der Waals surface area contributed by atoms with Crippen LogP contribution in [0.15, 0.2) is 30.6 Å². The first kappa shape index (κ1) is 14.2. The minimum atomic E-state index is -0.689. The average molecular weight is 278 g/mol. The Kier molecular flexibility index (Phi) is 4.45. The molecule has 2 aromatic rings. The Morgan fingerprint density at radius 1 is 1.20 bits per heavy atom. The van der Waals surface area contributed by atoms with Gasteiger partial charge in [0.05, 0.1) is 0 Å². The van der Waals surface area contributed by atoms with Crippen LogP contribution in [0.2, 0.25) is 0 Å². The van der Waals surface area contributed by atoms with Gasteiger partial charge in [0.2, 0.25) is 0 Å². The minimum absolute atomic E-state index is 0.0606. The van der Waals surface area contributed by atoms with Crippen molar-refractivity contribution in [2.45, 2.75) is 13.5 Å². The van der Waals surface area contributed by atoms with Crippen LogP contribution >= 0.6 is 0 Å². The molecular weight excluding hydrogens is 262 g/mol. The van der Waals surface area contributed by atoms with E-state index in [1.165, 1.54) is 0 Å². The fourth-order valence-corrected chi connectivity index (χ4v) is 1.85. The van der Waals surface area contributed by atoms with E-state index in [1.54, 1.807) is 24.3 Å². The van der Waals surface area contributed by atoms with E-state index in [9.17, 15) is 8.78 Å². The monoisotopic (exact) mass is 278 g/mol. The summed E-state index contributed by atoms with van der Waals surface area (Å²) in [5.74, 6) is -1.20. The smallest absolute Gasteiger partial charge is 0.168 e. The molecule has 0 saturated heterocycles. The Bertz CT molecular complexity index is 575. The molecule has 106 valence electrons. The largest absolute Gasteiger partial charge is 0.368 e. The van der Waals surface area contributed by atoms with Gasteiger partial charge >= 0.3 is 0 Å². The number of anilines is 2. The van der Waals surface area contributed by atoms with E-state index in [2.05, 4.69) is 15.3 Å². The first-order valence-electron chi connectivity index (χ1n) is 6.31. The summed E-state index contributed by atoms with van der Waals surface area (Å²) >= 11 is 0. The Labute approximate surface area is 116 Å². The fraction of sp³-hybridized carbons (Fsp3) is 0.286. The van der Waals surface area contributed by atoms with E-state index in [0.717, 1.165) is 11.6 Å². The quantitative estimate of drug-likeness (QED) is 0.913. The van der Waals surface area contributed by atoms with E-state index >= 15 is 0 Å². The van der Waals surface area contributed by atoms with Crippen LogP contribution in [0.3, 0.4) is 0 Å². The molecule has 0 saturated carbocycles. The van der Waals surface area contributed by atoms with Crippen molar-refractivity contribution in [3.63, 3.8) is 0 Å². The lowest BCUT2D eigenvalue weighted by atomic mass is 10.2. The molecule has 0 unspecified atom stereocenters. The molecule has 2 rings (SSSR count). The van der Waals surface area contributed by atoms with Crippen LogP contribution in [0, 0.1) is 11.6 Å². The standard InChI is InChI=1S/C14H16F2N4/c1-3-18-13-11(15)8-12(16)14(19-13)20(2)9-10-4-6-17-7-5-10/h4-8H,3,9H2,1-2H3,(H,18,19). The fourth-order valence-electron chi connectivity index (χ4n) is 1.85. The van der Waals surface area contributed by atoms with Crippen LogP contribution in [0.5, 0.6) is 0 Å². The molecule has 0 spiro atoms. The van der Waals surface area contributed by atoms with E-state index in [0.29, 0.717) is 13.1 Å². The highest BCUT2D eigenvalue weighted by Gasteiger charge is 2.15. The molecule has 0 aliphatic carbocycles. The first-order valence-corrected chi connectivity index (χ1v) is 6.31. The van der Waals surface area contributed by atoms with Crippen LogP contribution in [0.4, 0.5) is 20.4 Å². The zero-order chi connectivity index (χ0) is 14.5. The van der Waals surface area contributed by atoms with E-state index in [-0.39, 0.29) is 11.6 Å². The van der Waals surface area contributed by atoms with Crippen LogP contribution in [-0.2, 0) is 6.54 Å². The third kappa shape index (κ3) is 3.20. The zero-order valence-electron chi connectivity index (χ0n) is 11.4. The number of aromatic nitrogens is 2. The predicted octanol–water partition coefficient (Wildman–Crippen LogP) is 2.82. The Hall–Kier alpha value is -2.24. The summed E-state index contributed by atoms with van der Waals surface area (Å²) in [6.45, 7) is 2.80. The van der Waals surface area contributed by atoms with Crippen LogP contribution in [-0.4, -0.2) is 23.6 Å². The van der Waals surface area contributed by atoms with E-state index in [4.69, 9.17) is 0 Å². The predicted molar refractivity (Wildman–Crippen MR) is 74.7 cm³/mol. The zero-order valence-corrected chi connectivity index (χ0v) is 11.4. The molecule has 0 atom stereocenters. The minimum Gasteiger partial charge on any atom is -0.368 e. The molecule has 20 heavy (non-hydrogen) atoms. The van der Waals surface area contributed by atoms with Crippen molar-refractivity contribution in [1.82, 2.24) is 9.97 Å². The molecule has 2 heterocycles. The number of hydrogen-bond acceptors (Lipinski definition) is 4. The molecule has 0 aliphatic heterocycles. The van der Waals surface area contributed by atoms with E-state index < -0.39 is 11.6 Å². The van der Waals surface area contributed by atoms with Crippen molar-refractivity contribution in [3.05, 3.63) is 47.8 Å². The third-order valence-corrected chi connectivity index (χ3v) is 2.79. The molecule has 4 nitrogen and oxygen atoms in total. The van der Waals surface area contributed by atoms with Crippen molar-refractivity contribution in [2.75, 3.05) is 23.8 Å². The van der Waals surface area contributed by atoms with Gasteiger partial charge in [0.15, 0.2) is 23.3 Å². The number of pyridine rings is 2. The Morgan fingerprint density at radius 2 is 1.90 bits per heavy atom. The summed E-state index contributed by atoms with van der Waals surface area (Å²) in [5, 5.41) is 2.77. The van der Waals surface area contributed by atoms with Crippen LogP contribution < -0.4 is 10.2 Å². The van der Waals surface area contributed by atoms with E-state index in [1.807, 2.05) is 19.1 Å². The second-order valence-corrected chi connectivity index (χ2v) is 4.37. The van der Waals surface area contributed by atoms with Crippen molar-refractivity contribution in [3.8, 4) is 0 Å². The van der Waals surface area contributed by atoms with Gasteiger partial charge in [0, 0.05) is 38.6 Å². The lowest BCUT2D eigenvalue weighted by Crippen LogP contribution is -2.20. The molecule has 0 radical (unpaired) electrons. The highest BCUT2D eigenvalue weighted by Crippen LogP contribution is 2.22. The first-order chi connectivity index (χ1) is 9.61. The number of rotatable bonds is 5. The molecule has 0 fully saturated rings. The molecule has 0 amide bonds. The van der Waals surface area contributed by atoms with Crippen molar-refractivity contribution >= 4 is 11.6 Å². The maximum atomic E-state index is 13.8. The van der Waals surface area contributed by atoms with Gasteiger partial charge in [0.25, 0.3) is 0 Å². The Morgan fingerprint density at radius 3 is 2.55 bits per heavy atom. The van der Waals surface area contributed by atoms with Gasteiger partial charge in [-0.2, -0.15) is 0 Å². The SMILES string of the molecule is CCNc1nc(N(C)Cc2ccncc2)c(F)cc1F. The summed E-state index contributed by atoms with van der Waals surface area (Å²) < 4.78 is 27.4. The summed E-state index contributed by atoms with van der Waals surface area (Å²) in [7, 11) is 1.71. The van der Waals surface area contributed by atoms with Gasteiger partial charge in [-0.15, -0.1) is 0 Å². The van der Waals surface area contributed by atoms with Gasteiger partial charge in [-0.3, -0.25) is 4.98 Å². The van der Waals surface area contributed by atoms with Gasteiger partial charge in [-0.05, 0) is 24.6 Å². The summed E-state index contributed by atoms with van der Waals surface area (Å²) in [6.07, 6.45) is 3.34. The lowest BCUT2D eigenvalue weighted by molar-refractivity contribution is 0.572. The van der Waals surface area contributed by atoms with Crippen molar-refractivity contribution in [2.24, 2.45) is 0 Å². The molecular formula is C14H16F2N4.